The van der Waals surface area contributed by atoms with Gasteiger partial charge in [0.15, 0.2) is 0 Å². The molecule has 0 aromatic heterocycles. The van der Waals surface area contributed by atoms with Crippen LogP contribution >= 0.6 is 0 Å². The van der Waals surface area contributed by atoms with Crippen molar-refractivity contribution in [3.63, 3.8) is 0 Å². The highest BCUT2D eigenvalue weighted by molar-refractivity contribution is 5.36. The molecule has 6 unspecified atom stereocenters. The lowest BCUT2D eigenvalue weighted by Crippen LogP contribution is -2.56. The van der Waals surface area contributed by atoms with Crippen LogP contribution in [0.1, 0.15) is 58.3 Å². The highest BCUT2D eigenvalue weighted by Crippen LogP contribution is 2.78. The van der Waals surface area contributed by atoms with Crippen LogP contribution in [0.4, 0.5) is 0 Å². The third-order valence-corrected chi connectivity index (χ3v) is 10.1. The van der Waals surface area contributed by atoms with Crippen LogP contribution in [0.15, 0.2) is 28.5 Å². The Labute approximate surface area is 167 Å². The molecule has 4 fully saturated rings. The van der Waals surface area contributed by atoms with Gasteiger partial charge in [0, 0.05) is 5.41 Å². The van der Waals surface area contributed by atoms with Crippen molar-refractivity contribution in [2.24, 2.45) is 46.1 Å². The summed E-state index contributed by atoms with van der Waals surface area (Å²) >= 11 is 0. The number of aliphatic hydroxyl groups is 1. The Kier molecular flexibility index (Phi) is 3.83. The van der Waals surface area contributed by atoms with Crippen molar-refractivity contribution in [1.82, 2.24) is 0 Å². The predicted molar refractivity (Wildman–Crippen MR) is 108 cm³/mol. The Morgan fingerprint density at radius 3 is 2.82 bits per heavy atom. The molecule has 1 aliphatic heterocycles. The van der Waals surface area contributed by atoms with E-state index in [4.69, 9.17) is 4.74 Å². The van der Waals surface area contributed by atoms with Crippen molar-refractivity contribution in [3.8, 4) is 0 Å². The van der Waals surface area contributed by atoms with Gasteiger partial charge in [-0.1, -0.05) is 29.8 Å². The highest BCUT2D eigenvalue weighted by atomic mass is 16.5. The van der Waals surface area contributed by atoms with Crippen molar-refractivity contribution in [1.29, 1.82) is 0 Å². The van der Waals surface area contributed by atoms with E-state index in [2.05, 4.69) is 24.3 Å². The summed E-state index contributed by atoms with van der Waals surface area (Å²) in [6, 6.07) is -0.0674. The summed E-state index contributed by atoms with van der Waals surface area (Å²) in [7, 11) is 0. The van der Waals surface area contributed by atoms with E-state index in [0.29, 0.717) is 17.3 Å². The maximum atomic E-state index is 11.2. The molecule has 1 spiro atoms. The van der Waals surface area contributed by atoms with Gasteiger partial charge in [0.2, 0.25) is 0 Å². The smallest absolute Gasteiger partial charge is 0.0957 e. The lowest BCUT2D eigenvalue weighted by atomic mass is 9.47. The molecule has 152 valence electrons. The topological polar surface area (TPSA) is 58.9 Å². The molecule has 4 nitrogen and oxygen atoms in total. The van der Waals surface area contributed by atoms with Crippen LogP contribution in [0.2, 0.25) is 0 Å². The first-order chi connectivity index (χ1) is 13.7. The predicted octanol–water partition coefficient (Wildman–Crippen LogP) is 4.63. The molecular weight excluding hydrogens is 350 g/mol. The van der Waals surface area contributed by atoms with Crippen LogP contribution in [0.3, 0.4) is 0 Å². The maximum Gasteiger partial charge on any atom is 0.0957 e. The molecule has 9 atom stereocenters. The van der Waals surface area contributed by atoms with Crippen molar-refractivity contribution in [2.75, 3.05) is 13.2 Å². The van der Waals surface area contributed by atoms with E-state index in [1.165, 1.54) is 36.8 Å². The van der Waals surface area contributed by atoms with Gasteiger partial charge in [-0.05, 0) is 92.4 Å². The van der Waals surface area contributed by atoms with Gasteiger partial charge < -0.3 is 9.84 Å². The summed E-state index contributed by atoms with van der Waals surface area (Å²) in [4.78, 5) is 11.2. The molecule has 5 aliphatic carbocycles. The Morgan fingerprint density at radius 2 is 2.11 bits per heavy atom. The van der Waals surface area contributed by atoms with Crippen molar-refractivity contribution in [2.45, 2.75) is 69.9 Å². The molecule has 0 saturated heterocycles. The molecule has 4 saturated carbocycles. The van der Waals surface area contributed by atoms with E-state index >= 15 is 0 Å². The van der Waals surface area contributed by atoms with E-state index in [1.54, 1.807) is 0 Å². The Balaban J connectivity index is 1.41. The number of hydrogen-bond acceptors (Lipinski definition) is 4. The summed E-state index contributed by atoms with van der Waals surface area (Å²) in [6.45, 7) is 3.36. The van der Waals surface area contributed by atoms with Gasteiger partial charge >= 0.3 is 0 Å². The molecule has 28 heavy (non-hydrogen) atoms. The Hall–Kier alpha value is -1.00. The first-order valence-corrected chi connectivity index (χ1v) is 11.6. The highest BCUT2D eigenvalue weighted by Gasteiger charge is 2.77. The molecule has 1 heterocycles. The zero-order valence-electron chi connectivity index (χ0n) is 17.0. The number of nitrogens with zero attached hydrogens (tertiary/aromatic N) is 1. The third kappa shape index (κ3) is 1.99. The van der Waals surface area contributed by atoms with E-state index in [9.17, 15) is 10.0 Å². The summed E-state index contributed by atoms with van der Waals surface area (Å²) in [6.07, 6.45) is 13.7. The lowest BCUT2D eigenvalue weighted by Gasteiger charge is -2.58. The second-order valence-electron chi connectivity index (χ2n) is 10.6. The summed E-state index contributed by atoms with van der Waals surface area (Å²) in [5.74, 6) is 4.32. The standard InChI is InChI=1S/C24H33NO3/c1-2-23-8-6-17-16-5-4-15(25-27)11-18(16)14(13-26)10-19(17)22(23)20-12-21(20)24(23)7-3-9-28-24/h3,7,15-17,19-22,26H,2,4-6,8-13H2,1H3/t15?,16-,17?,19?,20?,21?,22?,23+,24+/m1/s1. The fourth-order valence-electron chi connectivity index (χ4n) is 9.21. The maximum absolute atomic E-state index is 11.2. The van der Waals surface area contributed by atoms with Crippen molar-refractivity contribution in [3.05, 3.63) is 28.2 Å². The van der Waals surface area contributed by atoms with Gasteiger partial charge in [-0.2, -0.15) is 4.91 Å². The molecule has 6 rings (SSSR count). The van der Waals surface area contributed by atoms with Crippen LogP contribution in [-0.4, -0.2) is 30.0 Å². The summed E-state index contributed by atoms with van der Waals surface area (Å²) in [5, 5.41) is 13.6. The average molecular weight is 384 g/mol. The number of aliphatic hydroxyl groups excluding tert-OH is 1. The molecule has 0 aromatic rings. The second-order valence-corrected chi connectivity index (χ2v) is 10.6. The number of ether oxygens (including phenoxy) is 1. The fourth-order valence-corrected chi connectivity index (χ4v) is 9.21. The number of nitroso groups, excluding NO2 is 1. The zero-order chi connectivity index (χ0) is 19.1. The van der Waals surface area contributed by atoms with Gasteiger partial charge in [0.1, 0.15) is 0 Å². The monoisotopic (exact) mass is 383 g/mol. The van der Waals surface area contributed by atoms with Gasteiger partial charge in [0.05, 0.1) is 24.9 Å². The quantitative estimate of drug-likeness (QED) is 0.571. The Morgan fingerprint density at radius 1 is 1.21 bits per heavy atom. The van der Waals surface area contributed by atoms with Crippen molar-refractivity contribution < 1.29 is 9.84 Å². The van der Waals surface area contributed by atoms with Crippen LogP contribution in [0, 0.1) is 45.8 Å². The molecule has 0 bridgehead atoms. The third-order valence-electron chi connectivity index (χ3n) is 10.1. The minimum atomic E-state index is -0.0674. The van der Waals surface area contributed by atoms with Crippen LogP contribution < -0.4 is 0 Å². The second kappa shape index (κ2) is 6.01. The van der Waals surface area contributed by atoms with Gasteiger partial charge in [0.25, 0.3) is 0 Å². The first kappa shape index (κ1) is 17.8. The molecule has 0 aromatic carbocycles. The van der Waals surface area contributed by atoms with E-state index < -0.39 is 0 Å². The van der Waals surface area contributed by atoms with Crippen LogP contribution in [0.25, 0.3) is 0 Å². The van der Waals surface area contributed by atoms with E-state index in [0.717, 1.165) is 56.0 Å². The molecule has 6 aliphatic rings. The first-order valence-electron chi connectivity index (χ1n) is 11.6. The largest absolute Gasteiger partial charge is 0.392 e. The molecule has 4 heteroatoms. The molecule has 1 N–H and O–H groups in total. The summed E-state index contributed by atoms with van der Waals surface area (Å²) in [5.41, 5.74) is 2.98. The van der Waals surface area contributed by atoms with E-state index in [-0.39, 0.29) is 18.2 Å². The number of hydrogen-bond donors (Lipinski definition) is 1. The molecule has 0 radical (unpaired) electrons. The van der Waals surface area contributed by atoms with E-state index in [1.807, 2.05) is 0 Å². The lowest BCUT2D eigenvalue weighted by molar-refractivity contribution is -0.140. The Bertz CT molecular complexity index is 759. The molecular formula is C24H33NO3. The average Bonchev–Trinajstić information content (AvgIpc) is 3.31. The van der Waals surface area contributed by atoms with Crippen LogP contribution in [0.5, 0.6) is 0 Å². The van der Waals surface area contributed by atoms with Crippen LogP contribution in [-0.2, 0) is 4.74 Å². The number of rotatable bonds is 3. The fraction of sp³-hybridized carbons (Fsp3) is 0.833. The van der Waals surface area contributed by atoms with Gasteiger partial charge in [-0.25, -0.2) is 0 Å². The molecule has 0 amide bonds. The normalized spacial score (nSPS) is 53.6. The number of fused-ring (bicyclic) bond motifs is 9. The zero-order valence-corrected chi connectivity index (χ0v) is 17.0. The summed E-state index contributed by atoms with van der Waals surface area (Å²) < 4.78 is 6.57. The minimum absolute atomic E-state index is 0.00448. The van der Waals surface area contributed by atoms with Gasteiger partial charge in [-0.15, -0.1) is 0 Å². The van der Waals surface area contributed by atoms with Gasteiger partial charge in [-0.3, -0.25) is 0 Å². The SMILES string of the molecule is CC[C@]12CCC3C(CC(CO)=C4CC(N=O)CC[C@@H]43)C1C1CC1[C@@]21C=CCO1. The minimum Gasteiger partial charge on any atom is -0.392 e. The van der Waals surface area contributed by atoms with Crippen molar-refractivity contribution >= 4 is 0 Å².